The van der Waals surface area contributed by atoms with Crippen LogP contribution in [0.2, 0.25) is 0 Å². The summed E-state index contributed by atoms with van der Waals surface area (Å²) in [5.41, 5.74) is 4.92. The van der Waals surface area contributed by atoms with Crippen molar-refractivity contribution in [3.63, 3.8) is 0 Å². The minimum absolute atomic E-state index is 0.570. The summed E-state index contributed by atoms with van der Waals surface area (Å²) < 4.78 is 5.93. The first kappa shape index (κ1) is 13.0. The number of anilines is 1. The monoisotopic (exact) mass is 268 g/mol. The lowest BCUT2D eigenvalue weighted by molar-refractivity contribution is 0.291. The molecular weight excluding hydrogens is 248 g/mol. The zero-order chi connectivity index (χ0) is 13.9. The van der Waals surface area contributed by atoms with E-state index in [4.69, 9.17) is 4.74 Å². The molecule has 104 valence electrons. The van der Waals surface area contributed by atoms with Gasteiger partial charge in [0.05, 0.1) is 0 Å². The summed E-state index contributed by atoms with van der Waals surface area (Å²) in [6.07, 6.45) is 4.36. The lowest BCUT2D eigenvalue weighted by atomic mass is 10.0. The van der Waals surface area contributed by atoms with Crippen LogP contribution in [0.1, 0.15) is 35.4 Å². The highest BCUT2D eigenvalue weighted by atomic mass is 16.5. The van der Waals surface area contributed by atoms with Gasteiger partial charge in [0.25, 0.3) is 0 Å². The van der Waals surface area contributed by atoms with Crippen LogP contribution >= 0.6 is 0 Å². The number of aryl methyl sites for hydroxylation is 1. The molecule has 2 aromatic rings. The van der Waals surface area contributed by atoms with Crippen molar-refractivity contribution in [3.05, 3.63) is 53.2 Å². The van der Waals surface area contributed by atoms with Crippen LogP contribution in [0, 0.1) is 6.92 Å². The Morgan fingerprint density at radius 1 is 1.25 bits per heavy atom. The molecular formula is C17H20N2O. The number of hydrogen-bond donors (Lipinski definition) is 1. The molecule has 3 rings (SSSR count). The third-order valence-corrected chi connectivity index (χ3v) is 3.81. The van der Waals surface area contributed by atoms with Crippen LogP contribution in [0.5, 0.6) is 5.88 Å². The maximum atomic E-state index is 5.93. The molecule has 0 radical (unpaired) electrons. The predicted molar refractivity (Wildman–Crippen MR) is 81.3 cm³/mol. The summed E-state index contributed by atoms with van der Waals surface area (Å²) in [6, 6.07) is 10.4. The van der Waals surface area contributed by atoms with Gasteiger partial charge in [-0.05, 0) is 43.4 Å². The Bertz CT molecular complexity index is 606. The zero-order valence-corrected chi connectivity index (χ0v) is 12.0. The molecule has 1 aromatic carbocycles. The molecule has 3 nitrogen and oxygen atoms in total. The van der Waals surface area contributed by atoms with Gasteiger partial charge < -0.3 is 10.1 Å². The maximum absolute atomic E-state index is 5.93. The summed E-state index contributed by atoms with van der Waals surface area (Å²) >= 11 is 0. The largest absolute Gasteiger partial charge is 0.473 e. The number of pyridine rings is 1. The van der Waals surface area contributed by atoms with Gasteiger partial charge >= 0.3 is 0 Å². The van der Waals surface area contributed by atoms with Crippen LogP contribution in [-0.2, 0) is 6.61 Å². The number of rotatable bonds is 5. The molecule has 1 fully saturated rings. The van der Waals surface area contributed by atoms with Crippen molar-refractivity contribution < 1.29 is 4.74 Å². The average molecular weight is 268 g/mol. The Balaban J connectivity index is 1.84. The SMILES string of the molecule is CNc1cccc(C2CC2)c1COc1ncccc1C. The summed E-state index contributed by atoms with van der Waals surface area (Å²) in [4.78, 5) is 4.30. The molecule has 0 saturated heterocycles. The lowest BCUT2D eigenvalue weighted by Crippen LogP contribution is -2.05. The minimum atomic E-state index is 0.570. The van der Waals surface area contributed by atoms with E-state index in [9.17, 15) is 0 Å². The third kappa shape index (κ3) is 2.62. The maximum Gasteiger partial charge on any atom is 0.216 e. The van der Waals surface area contributed by atoms with Crippen molar-refractivity contribution in [1.82, 2.24) is 4.98 Å². The van der Waals surface area contributed by atoms with Crippen LogP contribution < -0.4 is 10.1 Å². The fourth-order valence-electron chi connectivity index (χ4n) is 2.54. The molecule has 0 spiro atoms. The van der Waals surface area contributed by atoms with E-state index in [1.54, 1.807) is 6.20 Å². The van der Waals surface area contributed by atoms with Gasteiger partial charge in [0.15, 0.2) is 0 Å². The molecule has 1 aromatic heterocycles. The van der Waals surface area contributed by atoms with Crippen LogP contribution in [-0.4, -0.2) is 12.0 Å². The van der Waals surface area contributed by atoms with E-state index < -0.39 is 0 Å². The third-order valence-electron chi connectivity index (χ3n) is 3.81. The van der Waals surface area contributed by atoms with E-state index in [0.717, 1.165) is 17.1 Å². The minimum Gasteiger partial charge on any atom is -0.473 e. The highest BCUT2D eigenvalue weighted by molar-refractivity contribution is 5.56. The van der Waals surface area contributed by atoms with Crippen molar-refractivity contribution in [2.75, 3.05) is 12.4 Å². The van der Waals surface area contributed by atoms with Crippen LogP contribution in [0.3, 0.4) is 0 Å². The Morgan fingerprint density at radius 3 is 2.80 bits per heavy atom. The normalized spacial score (nSPS) is 14.1. The van der Waals surface area contributed by atoms with E-state index in [0.29, 0.717) is 12.5 Å². The molecule has 0 amide bonds. The van der Waals surface area contributed by atoms with Gasteiger partial charge in [-0.3, -0.25) is 0 Å². The molecule has 1 heterocycles. The summed E-state index contributed by atoms with van der Waals surface area (Å²) in [7, 11) is 1.96. The molecule has 0 unspecified atom stereocenters. The molecule has 1 aliphatic carbocycles. The predicted octanol–water partition coefficient (Wildman–Crippen LogP) is 3.89. The molecule has 0 aliphatic heterocycles. The molecule has 0 atom stereocenters. The summed E-state index contributed by atoms with van der Waals surface area (Å²) in [6.45, 7) is 2.59. The van der Waals surface area contributed by atoms with Gasteiger partial charge in [-0.1, -0.05) is 18.2 Å². The Labute approximate surface area is 120 Å². The molecule has 1 aliphatic rings. The van der Waals surface area contributed by atoms with E-state index in [2.05, 4.69) is 28.5 Å². The highest BCUT2D eigenvalue weighted by Crippen LogP contribution is 2.43. The second kappa shape index (κ2) is 5.53. The van der Waals surface area contributed by atoms with E-state index >= 15 is 0 Å². The van der Waals surface area contributed by atoms with Gasteiger partial charge in [-0.2, -0.15) is 0 Å². The van der Waals surface area contributed by atoms with Gasteiger partial charge in [0.2, 0.25) is 5.88 Å². The van der Waals surface area contributed by atoms with Crippen molar-refractivity contribution >= 4 is 5.69 Å². The van der Waals surface area contributed by atoms with Crippen molar-refractivity contribution in [3.8, 4) is 5.88 Å². The highest BCUT2D eigenvalue weighted by Gasteiger charge is 2.27. The van der Waals surface area contributed by atoms with E-state index in [1.165, 1.54) is 24.0 Å². The first-order valence-electron chi connectivity index (χ1n) is 7.13. The molecule has 20 heavy (non-hydrogen) atoms. The first-order valence-corrected chi connectivity index (χ1v) is 7.13. The Morgan fingerprint density at radius 2 is 2.10 bits per heavy atom. The Hall–Kier alpha value is -2.03. The quantitative estimate of drug-likeness (QED) is 0.893. The number of benzene rings is 1. The fraction of sp³-hybridized carbons (Fsp3) is 0.353. The summed E-state index contributed by atoms with van der Waals surface area (Å²) in [5, 5.41) is 3.27. The number of ether oxygens (including phenoxy) is 1. The molecule has 3 heteroatoms. The second-order valence-corrected chi connectivity index (χ2v) is 5.31. The van der Waals surface area contributed by atoms with Gasteiger partial charge in [-0.15, -0.1) is 0 Å². The second-order valence-electron chi connectivity index (χ2n) is 5.31. The molecule has 1 saturated carbocycles. The van der Waals surface area contributed by atoms with Crippen LogP contribution in [0.25, 0.3) is 0 Å². The van der Waals surface area contributed by atoms with Crippen LogP contribution in [0.15, 0.2) is 36.5 Å². The number of hydrogen-bond acceptors (Lipinski definition) is 3. The number of nitrogens with one attached hydrogen (secondary N) is 1. The van der Waals surface area contributed by atoms with Crippen molar-refractivity contribution in [1.29, 1.82) is 0 Å². The standard InChI is InChI=1S/C17H20N2O/c1-12-5-4-10-19-17(12)20-11-15-14(13-8-9-13)6-3-7-16(15)18-2/h3-7,10,13,18H,8-9,11H2,1-2H3. The first-order chi connectivity index (χ1) is 9.79. The average Bonchev–Trinajstić information content (AvgIpc) is 3.30. The Kier molecular flexibility index (Phi) is 3.59. The van der Waals surface area contributed by atoms with Gasteiger partial charge in [0.1, 0.15) is 6.61 Å². The zero-order valence-electron chi connectivity index (χ0n) is 12.0. The molecule has 0 bridgehead atoms. The number of nitrogens with zero attached hydrogens (tertiary/aromatic N) is 1. The topological polar surface area (TPSA) is 34.1 Å². The van der Waals surface area contributed by atoms with Crippen molar-refractivity contribution in [2.24, 2.45) is 0 Å². The van der Waals surface area contributed by atoms with Crippen LogP contribution in [0.4, 0.5) is 5.69 Å². The van der Waals surface area contributed by atoms with Gasteiger partial charge in [0, 0.05) is 30.1 Å². The lowest BCUT2D eigenvalue weighted by Gasteiger charge is -2.15. The summed E-state index contributed by atoms with van der Waals surface area (Å²) in [5.74, 6) is 1.44. The van der Waals surface area contributed by atoms with Crippen molar-refractivity contribution in [2.45, 2.75) is 32.3 Å². The van der Waals surface area contributed by atoms with E-state index in [-0.39, 0.29) is 0 Å². The number of aromatic nitrogens is 1. The van der Waals surface area contributed by atoms with Gasteiger partial charge in [-0.25, -0.2) is 4.98 Å². The fourth-order valence-corrected chi connectivity index (χ4v) is 2.54. The smallest absolute Gasteiger partial charge is 0.216 e. The molecule has 1 N–H and O–H groups in total. The van der Waals surface area contributed by atoms with E-state index in [1.807, 2.05) is 26.1 Å².